The van der Waals surface area contributed by atoms with E-state index < -0.39 is 0 Å². The second kappa shape index (κ2) is 134. The van der Waals surface area contributed by atoms with Crippen LogP contribution in [-0.2, 0) is 0 Å². The molecule has 0 radical (unpaired) electrons. The Morgan fingerprint density at radius 1 is 1.00 bits per heavy atom. The van der Waals surface area contributed by atoms with E-state index >= 15 is 0 Å². The minimum absolute atomic E-state index is 0. The van der Waals surface area contributed by atoms with Gasteiger partial charge in [-0.25, -0.2) is 0 Å². The Hall–Kier alpha value is -0.918. The first-order chi connectivity index (χ1) is 2.83. The van der Waals surface area contributed by atoms with E-state index in [1.165, 1.54) is 10.7 Å². The highest BCUT2D eigenvalue weighted by Crippen LogP contribution is 1.25. The lowest BCUT2D eigenvalue weighted by atomic mass is 10.8. The van der Waals surface area contributed by atoms with Gasteiger partial charge in [0.15, 0.2) is 10.7 Å². The molecule has 0 atom stereocenters. The standard InChI is InChI=1S/BH3.2HNO2.H4Si/c;2*2-1-3;/h1H3;2*(H,2,3);1H4. The van der Waals surface area contributed by atoms with Crippen molar-refractivity contribution in [3.63, 3.8) is 0 Å². The van der Waals surface area contributed by atoms with Crippen molar-refractivity contribution in [1.29, 1.82) is 0 Å². The number of rotatable bonds is 0. The van der Waals surface area contributed by atoms with Gasteiger partial charge in [0, 0.05) is 0 Å². The van der Waals surface area contributed by atoms with Crippen LogP contribution >= 0.6 is 0 Å². The molecule has 0 unspecified atom stereocenters. The van der Waals surface area contributed by atoms with E-state index in [-0.39, 0.29) is 19.4 Å². The fourth-order valence-corrected chi connectivity index (χ4v) is 0. The molecule has 0 amide bonds. The smallest absolute Gasteiger partial charge is 0.152 e. The normalized spacial score (nSPS) is 3.00. The Labute approximate surface area is 51.4 Å². The van der Waals surface area contributed by atoms with E-state index in [0.717, 1.165) is 0 Å². The number of hydrogen-bond acceptors (Lipinski definition) is 4. The number of hydrogen-bond donors (Lipinski definition) is 2. The molecule has 0 rings (SSSR count). The summed E-state index contributed by atoms with van der Waals surface area (Å²) < 4.78 is 0. The molecule has 0 saturated heterocycles. The molecule has 0 aliphatic rings. The Bertz CT molecular complexity index is 35.0. The lowest BCUT2D eigenvalue weighted by Crippen LogP contribution is -1.25. The molecule has 50 valence electrons. The van der Waals surface area contributed by atoms with Gasteiger partial charge in [-0.3, -0.25) is 0 Å². The summed E-state index contributed by atoms with van der Waals surface area (Å²) >= 11 is 0. The zero-order chi connectivity index (χ0) is 5.41. The van der Waals surface area contributed by atoms with E-state index in [9.17, 15) is 0 Å². The van der Waals surface area contributed by atoms with Gasteiger partial charge in [0.05, 0.1) is 8.41 Å². The third kappa shape index (κ3) is 100. The van der Waals surface area contributed by atoms with Gasteiger partial charge in [-0.15, -0.1) is 9.81 Å². The lowest BCUT2D eigenvalue weighted by molar-refractivity contribution is 0.312. The summed E-state index contributed by atoms with van der Waals surface area (Å²) in [5, 5.41) is 15.8. The van der Waals surface area contributed by atoms with E-state index in [4.69, 9.17) is 20.2 Å². The van der Waals surface area contributed by atoms with Crippen LogP contribution in [0.4, 0.5) is 0 Å². The monoisotopic (exact) mass is 140 g/mol. The summed E-state index contributed by atoms with van der Waals surface area (Å²) in [6.07, 6.45) is 0. The first-order valence-electron chi connectivity index (χ1n) is 0.765. The van der Waals surface area contributed by atoms with E-state index in [2.05, 4.69) is 0 Å². The highest BCUT2D eigenvalue weighted by Gasteiger charge is 1.18. The zero-order valence-electron chi connectivity index (χ0n) is 2.61. The van der Waals surface area contributed by atoms with Gasteiger partial charge in [0.2, 0.25) is 0 Å². The van der Waals surface area contributed by atoms with Gasteiger partial charge in [-0.05, 0) is 11.0 Å². The van der Waals surface area contributed by atoms with Crippen molar-refractivity contribution in [2.24, 2.45) is 10.7 Å². The van der Waals surface area contributed by atoms with Gasteiger partial charge >= 0.3 is 0 Å². The van der Waals surface area contributed by atoms with Gasteiger partial charge in [0.25, 0.3) is 0 Å². The maximum atomic E-state index is 8.11. The van der Waals surface area contributed by atoms with Gasteiger partial charge < -0.3 is 10.4 Å². The first kappa shape index (κ1) is 27.6. The highest BCUT2D eigenvalue weighted by molar-refractivity contribution is 5.76. The topological polar surface area (TPSA) is 99.3 Å². The van der Waals surface area contributed by atoms with Crippen molar-refractivity contribution in [3.8, 4) is 0 Å². The average Bonchev–Trinajstić information content (AvgIpc) is 1.39. The average molecular weight is 140 g/mol. The van der Waals surface area contributed by atoms with Crippen LogP contribution in [-0.4, -0.2) is 29.8 Å². The maximum Gasteiger partial charge on any atom is 0.152 e. The van der Waals surface area contributed by atoms with Crippen LogP contribution in [0, 0.1) is 9.81 Å². The molecule has 0 aliphatic heterocycles. The molecular weight excluding hydrogens is 131 g/mol. The third-order valence-corrected chi connectivity index (χ3v) is 0. The van der Waals surface area contributed by atoms with Crippen molar-refractivity contribution in [3.05, 3.63) is 9.81 Å². The Balaban J connectivity index is -0.0000000160. The summed E-state index contributed by atoms with van der Waals surface area (Å²) in [5.41, 5.74) is 0. The van der Waals surface area contributed by atoms with Crippen molar-refractivity contribution in [2.45, 2.75) is 0 Å². The first-order valence-corrected chi connectivity index (χ1v) is 0.765. The van der Waals surface area contributed by atoms with E-state index in [1.807, 2.05) is 0 Å². The SMILES string of the molecule is B.O=NO.O=NO.[SiH4]. The second-order valence-corrected chi connectivity index (χ2v) is 0.163. The fourth-order valence-electron chi connectivity index (χ4n) is 0. The van der Waals surface area contributed by atoms with Crippen LogP contribution in [0.15, 0.2) is 10.7 Å². The maximum absolute atomic E-state index is 8.11. The minimum Gasteiger partial charge on any atom is -0.379 e. The van der Waals surface area contributed by atoms with Crippen LogP contribution in [0.1, 0.15) is 0 Å². The van der Waals surface area contributed by atoms with Crippen LogP contribution in [0.25, 0.3) is 0 Å². The summed E-state index contributed by atoms with van der Waals surface area (Å²) in [5.74, 6) is 0. The Kier molecular flexibility index (Phi) is 463. The molecule has 0 aromatic heterocycles. The summed E-state index contributed by atoms with van der Waals surface area (Å²) in [6.45, 7) is 0. The molecule has 8 heteroatoms. The van der Waals surface area contributed by atoms with Gasteiger partial charge in [0.1, 0.15) is 0 Å². The Morgan fingerprint density at radius 2 is 1.00 bits per heavy atom. The largest absolute Gasteiger partial charge is 0.379 e. The molecule has 8 heavy (non-hydrogen) atoms. The lowest BCUT2D eigenvalue weighted by Gasteiger charge is -1.32. The van der Waals surface area contributed by atoms with Gasteiger partial charge in [-0.1, -0.05) is 0 Å². The van der Waals surface area contributed by atoms with E-state index in [0.29, 0.717) is 0 Å². The molecule has 0 saturated carbocycles. The Morgan fingerprint density at radius 3 is 1.00 bits per heavy atom. The molecule has 2 N–H and O–H groups in total. The quantitative estimate of drug-likeness (QED) is 0.223. The molecule has 0 aromatic carbocycles. The zero-order valence-corrected chi connectivity index (χ0v) is 2.61. The molecule has 0 fully saturated rings. The molecule has 0 bridgehead atoms. The minimum atomic E-state index is 0. The summed E-state index contributed by atoms with van der Waals surface area (Å²) in [6, 6.07) is 0. The van der Waals surface area contributed by atoms with Crippen LogP contribution < -0.4 is 0 Å². The van der Waals surface area contributed by atoms with Crippen molar-refractivity contribution in [2.75, 3.05) is 0 Å². The van der Waals surface area contributed by atoms with Crippen LogP contribution in [0.5, 0.6) is 0 Å². The third-order valence-electron chi connectivity index (χ3n) is 0. The van der Waals surface area contributed by atoms with Crippen LogP contribution in [0.3, 0.4) is 0 Å². The van der Waals surface area contributed by atoms with Crippen LogP contribution in [0.2, 0.25) is 0 Å². The van der Waals surface area contributed by atoms with Crippen molar-refractivity contribution in [1.82, 2.24) is 0 Å². The van der Waals surface area contributed by atoms with Gasteiger partial charge in [-0.2, -0.15) is 0 Å². The van der Waals surface area contributed by atoms with Crippen molar-refractivity contribution < 1.29 is 10.4 Å². The van der Waals surface area contributed by atoms with E-state index in [1.54, 1.807) is 0 Å². The highest BCUT2D eigenvalue weighted by atomic mass is 28.1. The molecule has 6 nitrogen and oxygen atoms in total. The molecule has 0 aliphatic carbocycles. The molecule has 0 spiro atoms. The number of nitrogens with zero attached hydrogens (tertiary/aromatic N) is 2. The summed E-state index contributed by atoms with van der Waals surface area (Å²) in [7, 11) is 0. The molecular formula is H9BN2O4Si. The second-order valence-electron chi connectivity index (χ2n) is 0.163. The van der Waals surface area contributed by atoms with Crippen molar-refractivity contribution >= 4 is 19.4 Å². The summed E-state index contributed by atoms with van der Waals surface area (Å²) in [4.78, 5) is 16.2. The fraction of sp³-hybridized carbons (Fsp3) is 0. The molecule has 0 heterocycles. The predicted octanol–water partition coefficient (Wildman–Crippen LogP) is -2.35. The molecule has 0 aromatic rings. The predicted molar refractivity (Wildman–Crippen MR) is 36.4 cm³/mol.